The summed E-state index contributed by atoms with van der Waals surface area (Å²) in [4.78, 5) is 30.4. The number of carbonyl (C=O) groups excluding carboxylic acids is 2. The normalized spacial score (nSPS) is 14.3. The fraction of sp³-hybridized carbons (Fsp3) is 0.312. The van der Waals surface area contributed by atoms with Crippen LogP contribution >= 0.6 is 22.9 Å². The Bertz CT molecular complexity index is 760. The van der Waals surface area contributed by atoms with Crippen molar-refractivity contribution >= 4 is 40.4 Å². The third-order valence-electron chi connectivity index (χ3n) is 3.64. The van der Waals surface area contributed by atoms with Crippen LogP contribution in [0.3, 0.4) is 0 Å². The predicted octanol–water partition coefficient (Wildman–Crippen LogP) is 3.16. The second-order valence-corrected chi connectivity index (χ2v) is 6.75. The van der Waals surface area contributed by atoms with Crippen molar-refractivity contribution in [1.82, 2.24) is 10.3 Å². The van der Waals surface area contributed by atoms with Crippen molar-refractivity contribution in [2.24, 2.45) is 0 Å². The molecule has 0 unspecified atom stereocenters. The van der Waals surface area contributed by atoms with E-state index in [0.29, 0.717) is 35.8 Å². The first-order valence-electron chi connectivity index (χ1n) is 7.34. The molecule has 23 heavy (non-hydrogen) atoms. The van der Waals surface area contributed by atoms with E-state index in [2.05, 4.69) is 10.3 Å². The lowest BCUT2D eigenvalue weighted by Crippen LogP contribution is -2.29. The summed E-state index contributed by atoms with van der Waals surface area (Å²) in [7, 11) is 0. The summed E-state index contributed by atoms with van der Waals surface area (Å²) < 4.78 is 0. The molecule has 0 saturated carbocycles. The van der Waals surface area contributed by atoms with E-state index in [1.165, 1.54) is 11.3 Å². The number of halogens is 1. The number of rotatable bonds is 4. The molecule has 5 nitrogen and oxygen atoms in total. The van der Waals surface area contributed by atoms with Gasteiger partial charge in [0.05, 0.1) is 17.8 Å². The second kappa shape index (κ2) is 6.68. The molecule has 0 radical (unpaired) electrons. The molecule has 2 amide bonds. The van der Waals surface area contributed by atoms with Gasteiger partial charge in [-0.2, -0.15) is 0 Å². The first-order valence-corrected chi connectivity index (χ1v) is 8.59. The van der Waals surface area contributed by atoms with E-state index in [1.807, 2.05) is 12.3 Å². The number of anilines is 1. The van der Waals surface area contributed by atoms with Crippen molar-refractivity contribution in [2.45, 2.75) is 26.3 Å². The summed E-state index contributed by atoms with van der Waals surface area (Å²) in [5, 5.41) is 6.15. The van der Waals surface area contributed by atoms with Crippen LogP contribution in [-0.4, -0.2) is 23.3 Å². The lowest BCUT2D eigenvalue weighted by Gasteiger charge is -2.19. The minimum absolute atomic E-state index is 0.0249. The molecule has 0 spiro atoms. The number of carbonyl (C=O) groups is 2. The summed E-state index contributed by atoms with van der Waals surface area (Å²) in [6, 6.07) is 4.99. The van der Waals surface area contributed by atoms with Crippen molar-refractivity contribution in [3.05, 3.63) is 44.9 Å². The van der Waals surface area contributed by atoms with Gasteiger partial charge < -0.3 is 10.2 Å². The third-order valence-corrected chi connectivity index (χ3v) is 4.84. The summed E-state index contributed by atoms with van der Waals surface area (Å²) in [5.74, 6) is -0.207. The maximum absolute atomic E-state index is 12.5. The Morgan fingerprint density at radius 3 is 2.96 bits per heavy atom. The molecule has 1 aromatic heterocycles. The van der Waals surface area contributed by atoms with E-state index in [0.717, 1.165) is 17.1 Å². The monoisotopic (exact) mass is 349 g/mol. The molecular formula is C16H16ClN3O2S. The SMILES string of the molecule is Cc1csc(CNC(=O)c2ccc(Cl)cc2N2CCCC2=O)n1. The standard InChI is InChI=1S/C16H16ClN3O2S/c1-10-9-23-14(19-10)8-18-16(22)12-5-4-11(17)7-13(12)20-6-2-3-15(20)21/h4-5,7,9H,2-3,6,8H2,1H3,(H,18,22). The molecule has 2 heterocycles. The predicted molar refractivity (Wildman–Crippen MR) is 91.1 cm³/mol. The van der Waals surface area contributed by atoms with Gasteiger partial charge in [0.15, 0.2) is 0 Å². The van der Waals surface area contributed by atoms with Crippen molar-refractivity contribution in [2.75, 3.05) is 11.4 Å². The van der Waals surface area contributed by atoms with E-state index >= 15 is 0 Å². The fourth-order valence-corrected chi connectivity index (χ4v) is 3.44. The molecule has 7 heteroatoms. The highest BCUT2D eigenvalue weighted by molar-refractivity contribution is 7.09. The van der Waals surface area contributed by atoms with Gasteiger partial charge in [-0.15, -0.1) is 11.3 Å². The molecule has 2 aromatic rings. The Hall–Kier alpha value is -1.92. The van der Waals surface area contributed by atoms with Gasteiger partial charge in [0.25, 0.3) is 5.91 Å². The van der Waals surface area contributed by atoms with Gasteiger partial charge in [0.1, 0.15) is 5.01 Å². The van der Waals surface area contributed by atoms with Gasteiger partial charge in [-0.25, -0.2) is 4.98 Å². The van der Waals surface area contributed by atoms with Gasteiger partial charge in [-0.05, 0) is 31.5 Å². The molecular weight excluding hydrogens is 334 g/mol. The zero-order valence-corrected chi connectivity index (χ0v) is 14.2. The minimum atomic E-state index is -0.232. The Morgan fingerprint density at radius 1 is 1.48 bits per heavy atom. The summed E-state index contributed by atoms with van der Waals surface area (Å²) >= 11 is 7.55. The van der Waals surface area contributed by atoms with E-state index in [4.69, 9.17) is 11.6 Å². The lowest BCUT2D eigenvalue weighted by atomic mass is 10.1. The van der Waals surface area contributed by atoms with E-state index < -0.39 is 0 Å². The van der Waals surface area contributed by atoms with Gasteiger partial charge in [-0.3, -0.25) is 9.59 Å². The van der Waals surface area contributed by atoms with Crippen LogP contribution in [0.4, 0.5) is 5.69 Å². The molecule has 1 aliphatic heterocycles. The van der Waals surface area contributed by atoms with Crippen LogP contribution < -0.4 is 10.2 Å². The van der Waals surface area contributed by atoms with Crippen LogP contribution in [0, 0.1) is 6.92 Å². The Balaban J connectivity index is 1.80. The van der Waals surface area contributed by atoms with E-state index in [1.54, 1.807) is 23.1 Å². The average Bonchev–Trinajstić information content (AvgIpc) is 3.13. The van der Waals surface area contributed by atoms with Crippen molar-refractivity contribution in [1.29, 1.82) is 0 Å². The number of thiazole rings is 1. The highest BCUT2D eigenvalue weighted by atomic mass is 35.5. The van der Waals surface area contributed by atoms with Crippen LogP contribution in [0.25, 0.3) is 0 Å². The summed E-state index contributed by atoms with van der Waals surface area (Å²) in [6.07, 6.45) is 1.30. The number of hydrogen-bond donors (Lipinski definition) is 1. The number of amides is 2. The summed E-state index contributed by atoms with van der Waals surface area (Å²) in [6.45, 7) is 2.90. The zero-order chi connectivity index (χ0) is 16.4. The van der Waals surface area contributed by atoms with Crippen LogP contribution in [0.5, 0.6) is 0 Å². The molecule has 0 atom stereocenters. The molecule has 120 valence electrons. The van der Waals surface area contributed by atoms with E-state index in [-0.39, 0.29) is 11.8 Å². The van der Waals surface area contributed by atoms with Gasteiger partial charge in [0, 0.05) is 29.1 Å². The lowest BCUT2D eigenvalue weighted by molar-refractivity contribution is -0.117. The number of nitrogens with zero attached hydrogens (tertiary/aromatic N) is 2. The number of hydrogen-bond acceptors (Lipinski definition) is 4. The number of nitrogens with one attached hydrogen (secondary N) is 1. The first kappa shape index (κ1) is 16.0. The van der Waals surface area contributed by atoms with Crippen molar-refractivity contribution in [3.8, 4) is 0 Å². The van der Waals surface area contributed by atoms with Crippen LogP contribution in [0.15, 0.2) is 23.6 Å². The van der Waals surface area contributed by atoms with Gasteiger partial charge in [0.2, 0.25) is 5.91 Å². The molecule has 3 rings (SSSR count). The van der Waals surface area contributed by atoms with Crippen LogP contribution in [0.1, 0.15) is 33.9 Å². The number of aryl methyl sites for hydroxylation is 1. The van der Waals surface area contributed by atoms with Crippen LogP contribution in [0.2, 0.25) is 5.02 Å². The molecule has 1 saturated heterocycles. The smallest absolute Gasteiger partial charge is 0.253 e. The molecule has 0 bridgehead atoms. The fourth-order valence-electron chi connectivity index (χ4n) is 2.56. The second-order valence-electron chi connectivity index (χ2n) is 5.38. The largest absolute Gasteiger partial charge is 0.345 e. The molecule has 1 N–H and O–H groups in total. The average molecular weight is 350 g/mol. The van der Waals surface area contributed by atoms with Crippen LogP contribution in [-0.2, 0) is 11.3 Å². The first-order chi connectivity index (χ1) is 11.0. The maximum Gasteiger partial charge on any atom is 0.253 e. The molecule has 0 aliphatic carbocycles. The maximum atomic E-state index is 12.5. The van der Waals surface area contributed by atoms with Crippen molar-refractivity contribution < 1.29 is 9.59 Å². The van der Waals surface area contributed by atoms with Gasteiger partial charge in [-0.1, -0.05) is 11.6 Å². The van der Waals surface area contributed by atoms with Gasteiger partial charge >= 0.3 is 0 Å². The Morgan fingerprint density at radius 2 is 2.30 bits per heavy atom. The number of aromatic nitrogens is 1. The Kier molecular flexibility index (Phi) is 4.63. The highest BCUT2D eigenvalue weighted by Crippen LogP contribution is 2.28. The molecule has 1 fully saturated rings. The van der Waals surface area contributed by atoms with Crippen molar-refractivity contribution in [3.63, 3.8) is 0 Å². The Labute approximate surface area is 143 Å². The third kappa shape index (κ3) is 3.54. The molecule has 1 aliphatic rings. The van der Waals surface area contributed by atoms with E-state index in [9.17, 15) is 9.59 Å². The number of benzene rings is 1. The quantitative estimate of drug-likeness (QED) is 0.922. The zero-order valence-electron chi connectivity index (χ0n) is 12.6. The summed E-state index contributed by atoms with van der Waals surface area (Å²) in [5.41, 5.74) is 1.97. The highest BCUT2D eigenvalue weighted by Gasteiger charge is 2.26. The topological polar surface area (TPSA) is 62.3 Å². The minimum Gasteiger partial charge on any atom is -0.345 e. The molecule has 1 aromatic carbocycles.